The Morgan fingerprint density at radius 3 is 2.22 bits per heavy atom. The van der Waals surface area contributed by atoms with Crippen LogP contribution in [0, 0.1) is 0 Å². The molecule has 0 spiro atoms. The predicted molar refractivity (Wildman–Crippen MR) is 84.8 cm³/mol. The lowest BCUT2D eigenvalue weighted by Gasteiger charge is -2.03. The summed E-state index contributed by atoms with van der Waals surface area (Å²) >= 11 is 0. The summed E-state index contributed by atoms with van der Waals surface area (Å²) < 4.78 is 0. The molecule has 0 heteroatoms. The van der Waals surface area contributed by atoms with E-state index in [0.717, 1.165) is 12.8 Å². The smallest absolute Gasteiger partial charge is 0.0114 e. The maximum absolute atomic E-state index is 3.74. The largest absolute Gasteiger partial charge is 0.103 e. The van der Waals surface area contributed by atoms with Crippen LogP contribution in [0.15, 0.2) is 47.6 Å². The third-order valence-corrected chi connectivity index (χ3v) is 3.20. The van der Waals surface area contributed by atoms with Crippen molar-refractivity contribution in [2.75, 3.05) is 0 Å². The Morgan fingerprint density at radius 1 is 0.944 bits per heavy atom. The zero-order valence-corrected chi connectivity index (χ0v) is 12.8. The maximum Gasteiger partial charge on any atom is -0.0114 e. The Bertz CT molecular complexity index is 313. The third-order valence-electron chi connectivity index (χ3n) is 3.20. The van der Waals surface area contributed by atoms with Crippen molar-refractivity contribution in [2.24, 2.45) is 0 Å². The summed E-state index contributed by atoms with van der Waals surface area (Å²) in [4.78, 5) is 0. The highest BCUT2D eigenvalue weighted by molar-refractivity contribution is 5.12. The van der Waals surface area contributed by atoms with Crippen LogP contribution in [0.4, 0.5) is 0 Å². The normalized spacial score (nSPS) is 13.9. The standard InChI is InChI=1S/C18H30/c1-6-8-12-17(4)15-18(5)14-11-9-10-13-16(3)7-2/h6-7,12,14H,1,8-11,13,15H2,2-5H3. The Labute approximate surface area is 114 Å². The Hall–Kier alpha value is -1.04. The van der Waals surface area contributed by atoms with Crippen LogP contribution >= 0.6 is 0 Å². The molecule has 0 bridgehead atoms. The summed E-state index contributed by atoms with van der Waals surface area (Å²) in [6, 6.07) is 0. The third kappa shape index (κ3) is 10.1. The van der Waals surface area contributed by atoms with Gasteiger partial charge < -0.3 is 0 Å². The lowest BCUT2D eigenvalue weighted by atomic mass is 10.0. The number of hydrogen-bond donors (Lipinski definition) is 0. The van der Waals surface area contributed by atoms with Crippen molar-refractivity contribution in [2.45, 2.75) is 66.2 Å². The van der Waals surface area contributed by atoms with E-state index in [-0.39, 0.29) is 0 Å². The van der Waals surface area contributed by atoms with E-state index in [2.05, 4.69) is 52.5 Å². The summed E-state index contributed by atoms with van der Waals surface area (Å²) in [5.74, 6) is 0. The van der Waals surface area contributed by atoms with Crippen molar-refractivity contribution >= 4 is 0 Å². The fraction of sp³-hybridized carbons (Fsp3) is 0.556. The highest BCUT2D eigenvalue weighted by Gasteiger charge is 1.93. The number of unbranched alkanes of at least 4 members (excludes halogenated alkanes) is 2. The topological polar surface area (TPSA) is 0 Å². The van der Waals surface area contributed by atoms with Crippen molar-refractivity contribution in [3.05, 3.63) is 47.6 Å². The van der Waals surface area contributed by atoms with Crippen LogP contribution in [-0.2, 0) is 0 Å². The molecule has 0 aliphatic rings. The second-order valence-electron chi connectivity index (χ2n) is 5.18. The average Bonchev–Trinajstić information content (AvgIpc) is 2.35. The minimum atomic E-state index is 0.988. The van der Waals surface area contributed by atoms with Gasteiger partial charge in [0.25, 0.3) is 0 Å². The highest BCUT2D eigenvalue weighted by Crippen LogP contribution is 2.14. The molecule has 0 fully saturated rings. The first-order chi connectivity index (χ1) is 8.60. The molecule has 0 unspecified atom stereocenters. The van der Waals surface area contributed by atoms with Crippen LogP contribution in [0.5, 0.6) is 0 Å². The van der Waals surface area contributed by atoms with Gasteiger partial charge in [0.15, 0.2) is 0 Å². The van der Waals surface area contributed by atoms with Gasteiger partial charge in [0.05, 0.1) is 0 Å². The first kappa shape index (κ1) is 17.0. The minimum absolute atomic E-state index is 0.988. The van der Waals surface area contributed by atoms with Gasteiger partial charge in [0, 0.05) is 0 Å². The van der Waals surface area contributed by atoms with Crippen molar-refractivity contribution < 1.29 is 0 Å². The SMILES string of the molecule is C=CCC=C(C)CC(C)=CCCCCC(C)=CC. The first-order valence-corrected chi connectivity index (χ1v) is 7.14. The van der Waals surface area contributed by atoms with E-state index in [1.165, 1.54) is 42.4 Å². The van der Waals surface area contributed by atoms with Crippen molar-refractivity contribution in [3.8, 4) is 0 Å². The van der Waals surface area contributed by atoms with E-state index in [1.807, 2.05) is 6.08 Å². The van der Waals surface area contributed by atoms with E-state index in [1.54, 1.807) is 0 Å². The van der Waals surface area contributed by atoms with Crippen LogP contribution in [0.2, 0.25) is 0 Å². The summed E-state index contributed by atoms with van der Waals surface area (Å²) in [7, 11) is 0. The predicted octanol–water partition coefficient (Wildman–Crippen LogP) is 6.37. The van der Waals surface area contributed by atoms with Gasteiger partial charge in [-0.1, -0.05) is 41.0 Å². The van der Waals surface area contributed by atoms with Crippen LogP contribution in [-0.4, -0.2) is 0 Å². The molecule has 0 aromatic rings. The van der Waals surface area contributed by atoms with E-state index >= 15 is 0 Å². The van der Waals surface area contributed by atoms with Crippen molar-refractivity contribution in [1.29, 1.82) is 0 Å². The second-order valence-corrected chi connectivity index (χ2v) is 5.18. The monoisotopic (exact) mass is 246 g/mol. The Morgan fingerprint density at radius 2 is 1.61 bits per heavy atom. The molecule has 0 atom stereocenters. The molecule has 0 aliphatic heterocycles. The van der Waals surface area contributed by atoms with Crippen LogP contribution in [0.1, 0.15) is 66.2 Å². The second kappa shape index (κ2) is 11.1. The molecule has 0 amide bonds. The maximum atomic E-state index is 3.74. The molecule has 0 N–H and O–H groups in total. The highest BCUT2D eigenvalue weighted by atomic mass is 14.0. The van der Waals surface area contributed by atoms with Gasteiger partial charge in [0.1, 0.15) is 0 Å². The molecule has 102 valence electrons. The van der Waals surface area contributed by atoms with Crippen LogP contribution in [0.3, 0.4) is 0 Å². The molecule has 0 saturated carbocycles. The quantitative estimate of drug-likeness (QED) is 0.327. The molecule has 0 radical (unpaired) electrons. The summed E-state index contributed by atoms with van der Waals surface area (Å²) in [5.41, 5.74) is 4.46. The zero-order valence-electron chi connectivity index (χ0n) is 12.8. The Balaban J connectivity index is 3.80. The molecule has 0 aliphatic carbocycles. The van der Waals surface area contributed by atoms with E-state index in [4.69, 9.17) is 0 Å². The first-order valence-electron chi connectivity index (χ1n) is 7.14. The molecule has 18 heavy (non-hydrogen) atoms. The van der Waals surface area contributed by atoms with Gasteiger partial charge in [-0.3, -0.25) is 0 Å². The fourth-order valence-electron chi connectivity index (χ4n) is 1.91. The van der Waals surface area contributed by atoms with Gasteiger partial charge in [-0.25, -0.2) is 0 Å². The molecular weight excluding hydrogens is 216 g/mol. The van der Waals surface area contributed by atoms with Crippen LogP contribution < -0.4 is 0 Å². The van der Waals surface area contributed by atoms with Gasteiger partial charge in [-0.2, -0.15) is 0 Å². The molecule has 0 rings (SSSR count). The molecule has 0 saturated heterocycles. The minimum Gasteiger partial charge on any atom is -0.103 e. The van der Waals surface area contributed by atoms with Gasteiger partial charge >= 0.3 is 0 Å². The molecule has 0 heterocycles. The zero-order chi connectivity index (χ0) is 13.8. The summed E-state index contributed by atoms with van der Waals surface area (Å²) in [6.45, 7) is 12.5. The molecular formula is C18H30. The van der Waals surface area contributed by atoms with Gasteiger partial charge in [0.2, 0.25) is 0 Å². The number of rotatable bonds is 9. The average molecular weight is 246 g/mol. The van der Waals surface area contributed by atoms with Gasteiger partial charge in [-0.05, 0) is 66.2 Å². The molecule has 0 nitrogen and oxygen atoms in total. The lowest BCUT2D eigenvalue weighted by molar-refractivity contribution is 0.738. The lowest BCUT2D eigenvalue weighted by Crippen LogP contribution is -1.83. The van der Waals surface area contributed by atoms with Crippen LogP contribution in [0.25, 0.3) is 0 Å². The van der Waals surface area contributed by atoms with E-state index in [0.29, 0.717) is 0 Å². The molecule has 0 aromatic heterocycles. The molecule has 0 aromatic carbocycles. The Kier molecular flexibility index (Phi) is 10.4. The van der Waals surface area contributed by atoms with E-state index < -0.39 is 0 Å². The van der Waals surface area contributed by atoms with Gasteiger partial charge in [-0.15, -0.1) is 6.58 Å². The summed E-state index contributed by atoms with van der Waals surface area (Å²) in [6.07, 6.45) is 16.0. The summed E-state index contributed by atoms with van der Waals surface area (Å²) in [5, 5.41) is 0. The fourth-order valence-corrected chi connectivity index (χ4v) is 1.91. The van der Waals surface area contributed by atoms with Crippen molar-refractivity contribution in [3.63, 3.8) is 0 Å². The van der Waals surface area contributed by atoms with Crippen molar-refractivity contribution in [1.82, 2.24) is 0 Å². The number of allylic oxidation sites excluding steroid dienone is 7. The van der Waals surface area contributed by atoms with E-state index in [9.17, 15) is 0 Å². The number of hydrogen-bond acceptors (Lipinski definition) is 0.